The molecule has 0 saturated carbocycles. The van der Waals surface area contributed by atoms with Crippen LogP contribution in [0.5, 0.6) is 11.6 Å². The highest BCUT2D eigenvalue weighted by Gasteiger charge is 2.29. The Labute approximate surface area is 226 Å². The van der Waals surface area contributed by atoms with E-state index < -0.39 is 0 Å². The van der Waals surface area contributed by atoms with Gasteiger partial charge in [-0.3, -0.25) is 0 Å². The molecule has 0 fully saturated rings. The zero-order valence-electron chi connectivity index (χ0n) is 24.0. The second kappa shape index (κ2) is 11.1. The molecule has 0 amide bonds. The van der Waals surface area contributed by atoms with Crippen molar-refractivity contribution in [1.82, 2.24) is 19.5 Å². The highest BCUT2D eigenvalue weighted by atomic mass is 16.7. The zero-order chi connectivity index (χ0) is 27.5. The summed E-state index contributed by atoms with van der Waals surface area (Å²) in [7, 11) is 1.64. The molecule has 0 bridgehead atoms. The fraction of sp³-hybridized carbons (Fsp3) is 0.452. The van der Waals surface area contributed by atoms with E-state index in [0.29, 0.717) is 30.4 Å². The Balaban J connectivity index is 1.94. The van der Waals surface area contributed by atoms with E-state index in [-0.39, 0.29) is 17.6 Å². The third-order valence-electron chi connectivity index (χ3n) is 6.35. The molecule has 2 heterocycles. The number of hydrogen-bond acceptors (Lipinski definition) is 6. The molecule has 0 aliphatic carbocycles. The molecule has 0 spiro atoms. The number of nitrogens with zero attached hydrogens (tertiary/aromatic N) is 4. The second-order valence-corrected chi connectivity index (χ2v) is 11.7. The van der Waals surface area contributed by atoms with Gasteiger partial charge < -0.3 is 18.8 Å². The minimum atomic E-state index is -0.181. The molecule has 0 atom stereocenters. The van der Waals surface area contributed by atoms with Crippen molar-refractivity contribution in [3.63, 3.8) is 0 Å². The lowest BCUT2D eigenvalue weighted by molar-refractivity contribution is 0.0484. The molecule has 7 heteroatoms. The van der Waals surface area contributed by atoms with Crippen LogP contribution >= 0.6 is 0 Å². The van der Waals surface area contributed by atoms with Gasteiger partial charge in [-0.1, -0.05) is 78.8 Å². The maximum atomic E-state index is 6.18. The largest absolute Gasteiger partial charge is 0.476 e. The standard InChI is InChI=1S/C31H40N4O3/c1-9-15-37-29-25-28(35(19-32-25)18-21-13-11-10-12-14-21)33-27(34-29)22-16-23(30(2,3)4)26(38-20-36-8)24(17-22)31(5,6)7/h10-14,16-17,19H,9,15,18,20H2,1-8H3. The van der Waals surface area contributed by atoms with Gasteiger partial charge in [-0.05, 0) is 34.9 Å². The highest BCUT2D eigenvalue weighted by Crippen LogP contribution is 2.43. The van der Waals surface area contributed by atoms with Gasteiger partial charge in [0.2, 0.25) is 5.88 Å². The topological polar surface area (TPSA) is 71.3 Å². The summed E-state index contributed by atoms with van der Waals surface area (Å²) >= 11 is 0. The van der Waals surface area contributed by atoms with Gasteiger partial charge in [0.05, 0.1) is 19.5 Å². The molecule has 7 nitrogen and oxygen atoms in total. The Morgan fingerprint density at radius 3 is 2.11 bits per heavy atom. The predicted molar refractivity (Wildman–Crippen MR) is 152 cm³/mol. The SMILES string of the molecule is CCCOc1nc(-c2cc(C(C)(C)C)c(OCOC)c(C(C)(C)C)c2)nc2c1ncn2Cc1ccccc1. The zero-order valence-corrected chi connectivity index (χ0v) is 24.0. The van der Waals surface area contributed by atoms with Gasteiger partial charge in [-0.2, -0.15) is 4.98 Å². The third kappa shape index (κ3) is 5.99. The Bertz CT molecular complexity index is 1350. The van der Waals surface area contributed by atoms with Crippen molar-refractivity contribution >= 4 is 11.2 Å². The summed E-state index contributed by atoms with van der Waals surface area (Å²) in [6, 6.07) is 14.6. The first kappa shape index (κ1) is 27.6. The van der Waals surface area contributed by atoms with Crippen LogP contribution in [0.4, 0.5) is 0 Å². The lowest BCUT2D eigenvalue weighted by atomic mass is 9.78. The van der Waals surface area contributed by atoms with E-state index in [4.69, 9.17) is 24.2 Å². The minimum Gasteiger partial charge on any atom is -0.476 e. The minimum absolute atomic E-state index is 0.181. The molecule has 2 aromatic carbocycles. The van der Waals surface area contributed by atoms with Crippen LogP contribution in [0.2, 0.25) is 0 Å². The molecule has 0 aliphatic rings. The van der Waals surface area contributed by atoms with Crippen molar-refractivity contribution in [1.29, 1.82) is 0 Å². The molecule has 202 valence electrons. The lowest BCUT2D eigenvalue weighted by Gasteiger charge is -2.30. The summed E-state index contributed by atoms with van der Waals surface area (Å²) in [5.41, 5.74) is 5.31. The smallest absolute Gasteiger partial charge is 0.246 e. The number of benzene rings is 2. The fourth-order valence-electron chi connectivity index (χ4n) is 4.39. The first-order chi connectivity index (χ1) is 18.0. The summed E-state index contributed by atoms with van der Waals surface area (Å²) in [5, 5.41) is 0. The van der Waals surface area contributed by atoms with Crippen molar-refractivity contribution in [3.8, 4) is 23.0 Å². The van der Waals surface area contributed by atoms with E-state index in [1.54, 1.807) is 7.11 Å². The van der Waals surface area contributed by atoms with Gasteiger partial charge in [0.15, 0.2) is 23.8 Å². The molecule has 0 N–H and O–H groups in total. The second-order valence-electron chi connectivity index (χ2n) is 11.7. The van der Waals surface area contributed by atoms with Crippen LogP contribution in [0.1, 0.15) is 71.6 Å². The molecule has 0 radical (unpaired) electrons. The maximum absolute atomic E-state index is 6.18. The number of rotatable bonds is 9. The summed E-state index contributed by atoms with van der Waals surface area (Å²) in [5.74, 6) is 1.97. The quantitative estimate of drug-likeness (QED) is 0.225. The van der Waals surface area contributed by atoms with Gasteiger partial charge in [0.25, 0.3) is 0 Å². The van der Waals surface area contributed by atoms with E-state index in [9.17, 15) is 0 Å². The number of methoxy groups -OCH3 is 1. The summed E-state index contributed by atoms with van der Waals surface area (Å²) in [6.07, 6.45) is 2.69. The van der Waals surface area contributed by atoms with Crippen LogP contribution in [0.25, 0.3) is 22.6 Å². The summed E-state index contributed by atoms with van der Waals surface area (Å²) in [4.78, 5) is 14.6. The number of hydrogen-bond donors (Lipinski definition) is 0. The van der Waals surface area contributed by atoms with E-state index in [1.165, 1.54) is 5.56 Å². The molecule has 2 aromatic heterocycles. The normalized spacial score (nSPS) is 12.2. The number of aromatic nitrogens is 4. The van der Waals surface area contributed by atoms with Crippen LogP contribution in [-0.2, 0) is 22.1 Å². The molecular weight excluding hydrogens is 476 g/mol. The Kier molecular flexibility index (Phi) is 8.07. The Hall–Kier alpha value is -3.45. The number of ether oxygens (including phenoxy) is 3. The molecule has 0 aliphatic heterocycles. The van der Waals surface area contributed by atoms with Gasteiger partial charge >= 0.3 is 0 Å². The number of fused-ring (bicyclic) bond motifs is 1. The first-order valence-electron chi connectivity index (χ1n) is 13.2. The van der Waals surface area contributed by atoms with Gasteiger partial charge in [0, 0.05) is 23.8 Å². The molecule has 38 heavy (non-hydrogen) atoms. The van der Waals surface area contributed by atoms with Crippen molar-refractivity contribution in [2.75, 3.05) is 20.5 Å². The van der Waals surface area contributed by atoms with E-state index in [0.717, 1.165) is 34.5 Å². The van der Waals surface area contributed by atoms with E-state index in [2.05, 4.69) is 82.3 Å². The Morgan fingerprint density at radius 1 is 0.868 bits per heavy atom. The van der Waals surface area contributed by atoms with E-state index >= 15 is 0 Å². The summed E-state index contributed by atoms with van der Waals surface area (Å²) < 4.78 is 19.6. The average Bonchev–Trinajstić information content (AvgIpc) is 3.27. The molecule has 4 aromatic rings. The van der Waals surface area contributed by atoms with Crippen LogP contribution in [-0.4, -0.2) is 40.0 Å². The van der Waals surface area contributed by atoms with Crippen molar-refractivity contribution in [2.45, 2.75) is 72.3 Å². The van der Waals surface area contributed by atoms with Crippen molar-refractivity contribution in [3.05, 3.63) is 65.5 Å². The monoisotopic (exact) mass is 516 g/mol. The van der Waals surface area contributed by atoms with Crippen LogP contribution in [0.15, 0.2) is 48.8 Å². The molecule has 4 rings (SSSR count). The lowest BCUT2D eigenvalue weighted by Crippen LogP contribution is -2.21. The first-order valence-corrected chi connectivity index (χ1v) is 13.2. The van der Waals surface area contributed by atoms with Gasteiger partial charge in [-0.25, -0.2) is 9.97 Å². The van der Waals surface area contributed by atoms with Crippen LogP contribution < -0.4 is 9.47 Å². The highest BCUT2D eigenvalue weighted by molar-refractivity contribution is 5.79. The van der Waals surface area contributed by atoms with Crippen molar-refractivity contribution in [2.24, 2.45) is 0 Å². The number of imidazole rings is 1. The molecule has 0 saturated heterocycles. The van der Waals surface area contributed by atoms with Crippen LogP contribution in [0, 0.1) is 0 Å². The Morgan fingerprint density at radius 2 is 1.53 bits per heavy atom. The van der Waals surface area contributed by atoms with Crippen molar-refractivity contribution < 1.29 is 14.2 Å². The maximum Gasteiger partial charge on any atom is 0.246 e. The molecule has 0 unspecified atom stereocenters. The van der Waals surface area contributed by atoms with Gasteiger partial charge in [-0.15, -0.1) is 0 Å². The molecular formula is C31H40N4O3. The average molecular weight is 517 g/mol. The van der Waals surface area contributed by atoms with E-state index in [1.807, 2.05) is 24.5 Å². The predicted octanol–water partition coefficient (Wildman–Crippen LogP) is 6.91. The fourth-order valence-corrected chi connectivity index (χ4v) is 4.39. The van der Waals surface area contributed by atoms with Gasteiger partial charge in [0.1, 0.15) is 5.75 Å². The summed E-state index contributed by atoms with van der Waals surface area (Å²) in [6.45, 7) is 16.6. The third-order valence-corrected chi connectivity index (χ3v) is 6.35. The van der Waals surface area contributed by atoms with Crippen LogP contribution in [0.3, 0.4) is 0 Å².